The fraction of sp³-hybridized carbons (Fsp3) is 0.250. The van der Waals surface area contributed by atoms with E-state index in [1.165, 1.54) is 24.3 Å². The molecular weight excluding hydrogens is 336 g/mol. The number of esters is 2. The maximum Gasteiger partial charge on any atom is 0.306 e. The van der Waals surface area contributed by atoms with E-state index in [0.717, 1.165) is 0 Å². The van der Waals surface area contributed by atoms with Crippen molar-refractivity contribution in [1.82, 2.24) is 0 Å². The summed E-state index contributed by atoms with van der Waals surface area (Å²) >= 11 is 0. The number of carbonyl (C=O) groups excluding carboxylic acids is 2. The summed E-state index contributed by atoms with van der Waals surface area (Å²) < 4.78 is 38.6. The van der Waals surface area contributed by atoms with Crippen LogP contribution >= 0.6 is 0 Å². The zero-order chi connectivity index (χ0) is 18.4. The first-order chi connectivity index (χ1) is 11.3. The average Bonchev–Trinajstić information content (AvgIpc) is 2.56. The van der Waals surface area contributed by atoms with E-state index in [4.69, 9.17) is 4.55 Å². The summed E-state index contributed by atoms with van der Waals surface area (Å²) in [7, 11) is -4.00. The number of carbonyl (C=O) groups is 2. The van der Waals surface area contributed by atoms with E-state index < -0.39 is 22.1 Å². The standard InChI is InChI=1S/C10H14O4.C6H6O3S/c1-3-7-13-9(11)5-6-10(12)14-8-4-2;7-10(8,9)6-4-2-1-3-5-6/h3-4H,1-2,5-8H2;1-5H,(H,7,8,9). The van der Waals surface area contributed by atoms with Gasteiger partial charge in [0.15, 0.2) is 0 Å². The molecule has 1 aromatic carbocycles. The van der Waals surface area contributed by atoms with Crippen molar-refractivity contribution in [2.24, 2.45) is 0 Å². The van der Waals surface area contributed by atoms with Crippen LogP contribution in [0.2, 0.25) is 0 Å². The van der Waals surface area contributed by atoms with Gasteiger partial charge in [0.05, 0.1) is 17.7 Å². The summed E-state index contributed by atoms with van der Waals surface area (Å²) in [5.74, 6) is -0.860. The number of hydrogen-bond donors (Lipinski definition) is 1. The third kappa shape index (κ3) is 11.2. The molecule has 132 valence electrons. The van der Waals surface area contributed by atoms with Crippen LogP contribution in [0.5, 0.6) is 0 Å². The molecule has 0 spiro atoms. The van der Waals surface area contributed by atoms with Gasteiger partial charge in [-0.2, -0.15) is 8.42 Å². The van der Waals surface area contributed by atoms with E-state index in [1.807, 2.05) is 0 Å². The molecule has 1 aromatic rings. The summed E-state index contributed by atoms with van der Waals surface area (Å²) in [4.78, 5) is 21.7. The van der Waals surface area contributed by atoms with Gasteiger partial charge in [0.2, 0.25) is 0 Å². The third-order valence-corrected chi connectivity index (χ3v) is 3.17. The maximum atomic E-state index is 10.9. The van der Waals surface area contributed by atoms with Gasteiger partial charge in [0, 0.05) is 0 Å². The predicted molar refractivity (Wildman–Crippen MR) is 87.8 cm³/mol. The van der Waals surface area contributed by atoms with Crippen LogP contribution < -0.4 is 0 Å². The molecule has 7 nitrogen and oxygen atoms in total. The molecule has 0 aliphatic rings. The van der Waals surface area contributed by atoms with Gasteiger partial charge in [-0.3, -0.25) is 14.1 Å². The van der Waals surface area contributed by atoms with Crippen LogP contribution in [0, 0.1) is 0 Å². The van der Waals surface area contributed by atoms with Crippen molar-refractivity contribution in [2.75, 3.05) is 13.2 Å². The van der Waals surface area contributed by atoms with Crippen molar-refractivity contribution in [2.45, 2.75) is 17.7 Å². The minimum absolute atomic E-state index is 0.0316. The Bertz CT molecular complexity index is 612. The molecule has 0 radical (unpaired) electrons. The zero-order valence-corrected chi connectivity index (χ0v) is 13.9. The average molecular weight is 356 g/mol. The van der Waals surface area contributed by atoms with Gasteiger partial charge in [0.1, 0.15) is 13.2 Å². The SMILES string of the molecule is C=CCOC(=O)CCC(=O)OCC=C.O=S(=O)(O)c1ccccc1. The molecule has 0 amide bonds. The Morgan fingerprint density at radius 3 is 1.67 bits per heavy atom. The van der Waals surface area contributed by atoms with Crippen LogP contribution in [0.4, 0.5) is 0 Å². The molecule has 0 aliphatic carbocycles. The van der Waals surface area contributed by atoms with Crippen molar-refractivity contribution in [1.29, 1.82) is 0 Å². The first kappa shape index (κ1) is 21.6. The molecule has 8 heteroatoms. The Morgan fingerprint density at radius 2 is 1.38 bits per heavy atom. The van der Waals surface area contributed by atoms with E-state index in [2.05, 4.69) is 22.6 Å². The normalized spacial score (nSPS) is 9.88. The van der Waals surface area contributed by atoms with Crippen molar-refractivity contribution in [3.05, 3.63) is 55.6 Å². The minimum Gasteiger partial charge on any atom is -0.461 e. The highest BCUT2D eigenvalue weighted by Crippen LogP contribution is 2.05. The predicted octanol–water partition coefficient (Wildman–Crippen LogP) is 2.16. The Hall–Kier alpha value is -2.45. The second-order valence-electron chi connectivity index (χ2n) is 4.23. The van der Waals surface area contributed by atoms with Crippen molar-refractivity contribution in [3.63, 3.8) is 0 Å². The van der Waals surface area contributed by atoms with Gasteiger partial charge >= 0.3 is 11.9 Å². The van der Waals surface area contributed by atoms with E-state index in [1.54, 1.807) is 18.2 Å². The topological polar surface area (TPSA) is 107 Å². The molecule has 1 N–H and O–H groups in total. The lowest BCUT2D eigenvalue weighted by molar-refractivity contribution is -0.149. The Labute approximate surface area is 141 Å². The van der Waals surface area contributed by atoms with E-state index in [-0.39, 0.29) is 31.0 Å². The molecular formula is C16H20O7S. The van der Waals surface area contributed by atoms with Crippen molar-refractivity contribution >= 4 is 22.1 Å². The monoisotopic (exact) mass is 356 g/mol. The molecule has 24 heavy (non-hydrogen) atoms. The highest BCUT2D eigenvalue weighted by molar-refractivity contribution is 7.85. The van der Waals surface area contributed by atoms with E-state index in [0.29, 0.717) is 0 Å². The number of rotatable bonds is 8. The van der Waals surface area contributed by atoms with Gasteiger partial charge in [-0.15, -0.1) is 0 Å². The molecule has 1 rings (SSSR count). The van der Waals surface area contributed by atoms with Crippen LogP contribution in [0.1, 0.15) is 12.8 Å². The third-order valence-electron chi connectivity index (χ3n) is 2.30. The zero-order valence-electron chi connectivity index (χ0n) is 13.1. The highest BCUT2D eigenvalue weighted by atomic mass is 32.2. The molecule has 0 unspecified atom stereocenters. The fourth-order valence-electron chi connectivity index (χ4n) is 1.24. The van der Waals surface area contributed by atoms with E-state index >= 15 is 0 Å². The molecule has 0 saturated carbocycles. The van der Waals surface area contributed by atoms with Gasteiger partial charge in [-0.1, -0.05) is 43.5 Å². The smallest absolute Gasteiger partial charge is 0.306 e. The molecule has 0 saturated heterocycles. The van der Waals surface area contributed by atoms with E-state index in [9.17, 15) is 18.0 Å². The van der Waals surface area contributed by atoms with Crippen LogP contribution in [0.15, 0.2) is 60.5 Å². The quantitative estimate of drug-likeness (QED) is 0.432. The van der Waals surface area contributed by atoms with Gasteiger partial charge in [-0.25, -0.2) is 0 Å². The molecule has 0 fully saturated rings. The number of hydrogen-bond acceptors (Lipinski definition) is 6. The lowest BCUT2D eigenvalue weighted by atomic mass is 10.3. The Balaban J connectivity index is 0.000000463. The van der Waals surface area contributed by atoms with Crippen molar-refractivity contribution in [3.8, 4) is 0 Å². The Kier molecular flexibility index (Phi) is 10.8. The Morgan fingerprint density at radius 1 is 0.958 bits per heavy atom. The molecule has 0 aliphatic heterocycles. The largest absolute Gasteiger partial charge is 0.461 e. The van der Waals surface area contributed by atoms with Crippen LogP contribution in [-0.2, 0) is 29.2 Å². The molecule has 0 atom stereocenters. The first-order valence-electron chi connectivity index (χ1n) is 6.86. The summed E-state index contributed by atoms with van der Waals surface area (Å²) in [6.07, 6.45) is 3.00. The number of benzene rings is 1. The lowest BCUT2D eigenvalue weighted by Crippen LogP contribution is -2.10. The molecule has 0 bridgehead atoms. The van der Waals surface area contributed by atoms with Crippen LogP contribution in [0.25, 0.3) is 0 Å². The second-order valence-corrected chi connectivity index (χ2v) is 5.65. The van der Waals surface area contributed by atoms with Crippen LogP contribution in [0.3, 0.4) is 0 Å². The molecule has 0 heterocycles. The summed E-state index contributed by atoms with van der Waals surface area (Å²) in [6.45, 7) is 7.11. The van der Waals surface area contributed by atoms with Crippen molar-refractivity contribution < 1.29 is 32.0 Å². The van der Waals surface area contributed by atoms with Gasteiger partial charge in [0.25, 0.3) is 10.1 Å². The fourth-order valence-corrected chi connectivity index (χ4v) is 1.75. The first-order valence-corrected chi connectivity index (χ1v) is 8.30. The summed E-state index contributed by atoms with van der Waals surface area (Å²) in [5, 5.41) is 0. The van der Waals surface area contributed by atoms with Crippen LogP contribution in [-0.4, -0.2) is 38.1 Å². The van der Waals surface area contributed by atoms with Gasteiger partial charge in [-0.05, 0) is 12.1 Å². The summed E-state index contributed by atoms with van der Waals surface area (Å²) in [6, 6.07) is 7.42. The molecule has 0 aromatic heterocycles. The second kappa shape index (κ2) is 12.0. The highest BCUT2D eigenvalue weighted by Gasteiger charge is 2.07. The van der Waals surface area contributed by atoms with Gasteiger partial charge < -0.3 is 9.47 Å². The summed E-state index contributed by atoms with van der Waals surface area (Å²) in [5.41, 5.74) is 0. The maximum absolute atomic E-state index is 10.9. The number of ether oxygens (including phenoxy) is 2. The minimum atomic E-state index is -4.00. The lowest BCUT2D eigenvalue weighted by Gasteiger charge is -2.02.